The molecule has 0 fully saturated rings. The number of carbonyl (C=O) groups is 1. The minimum Gasteiger partial charge on any atom is -0.441 e. The summed E-state index contributed by atoms with van der Waals surface area (Å²) in [5.41, 5.74) is 4.01. The zero-order valence-electron chi connectivity index (χ0n) is 18.7. The zero-order valence-corrected chi connectivity index (χ0v) is 19.5. The molecule has 12 heteroatoms. The summed E-state index contributed by atoms with van der Waals surface area (Å²) in [4.78, 5) is 21.4. The molecule has 3 heterocycles. The highest BCUT2D eigenvalue weighted by molar-refractivity contribution is 7.92. The molecule has 3 rings (SSSR count). The summed E-state index contributed by atoms with van der Waals surface area (Å²) in [6.07, 6.45) is -0.142. The molecule has 170 valence electrons. The maximum absolute atomic E-state index is 12.6. The van der Waals surface area contributed by atoms with E-state index in [2.05, 4.69) is 30.3 Å². The lowest BCUT2D eigenvalue weighted by atomic mass is 10.1. The third kappa shape index (κ3) is 5.38. The van der Waals surface area contributed by atoms with E-state index in [-0.39, 0.29) is 5.82 Å². The van der Waals surface area contributed by atoms with Crippen molar-refractivity contribution in [1.29, 1.82) is 0 Å². The summed E-state index contributed by atoms with van der Waals surface area (Å²) in [7, 11) is -1.82. The maximum Gasteiger partial charge on any atom is 0.413 e. The van der Waals surface area contributed by atoms with Gasteiger partial charge in [-0.3, -0.25) is 15.0 Å². The average Bonchev–Trinajstić information content (AvgIpc) is 3.02. The van der Waals surface area contributed by atoms with Crippen molar-refractivity contribution in [1.82, 2.24) is 25.0 Å². The van der Waals surface area contributed by atoms with E-state index < -0.39 is 22.2 Å². The smallest absolute Gasteiger partial charge is 0.413 e. The standard InChI is InChI=1S/C20H25N7O4S/c1-11-7-8-15(12(2)21-11)14(4)31-20(28)23-19-18(24-26-27(19)5)17-10-9-16(13(3)22-17)25-32(6,29)30/h7-10,14,25H,1-6H3,(H,23,28)/t14-/m1/s1. The first-order valence-corrected chi connectivity index (χ1v) is 11.6. The van der Waals surface area contributed by atoms with Gasteiger partial charge in [0.15, 0.2) is 11.5 Å². The monoisotopic (exact) mass is 459 g/mol. The molecule has 0 aliphatic carbocycles. The van der Waals surface area contributed by atoms with Crippen LogP contribution in [0.4, 0.5) is 16.3 Å². The summed E-state index contributed by atoms with van der Waals surface area (Å²) in [6, 6.07) is 6.90. The molecule has 0 aliphatic heterocycles. The number of hydrogen-bond acceptors (Lipinski definition) is 8. The second kappa shape index (κ2) is 8.91. The fourth-order valence-electron chi connectivity index (χ4n) is 3.15. The van der Waals surface area contributed by atoms with Crippen molar-refractivity contribution in [3.05, 3.63) is 46.9 Å². The predicted octanol–water partition coefficient (Wildman–Crippen LogP) is 2.88. The van der Waals surface area contributed by atoms with E-state index in [4.69, 9.17) is 4.74 Å². The van der Waals surface area contributed by atoms with Crippen LogP contribution in [0.5, 0.6) is 0 Å². The van der Waals surface area contributed by atoms with Gasteiger partial charge in [-0.1, -0.05) is 11.3 Å². The van der Waals surface area contributed by atoms with Crippen molar-refractivity contribution in [3.63, 3.8) is 0 Å². The van der Waals surface area contributed by atoms with Crippen LogP contribution in [-0.4, -0.2) is 45.7 Å². The van der Waals surface area contributed by atoms with Crippen LogP contribution in [0.25, 0.3) is 11.4 Å². The van der Waals surface area contributed by atoms with E-state index in [1.54, 1.807) is 33.0 Å². The Morgan fingerprint density at radius 3 is 2.44 bits per heavy atom. The van der Waals surface area contributed by atoms with E-state index in [9.17, 15) is 13.2 Å². The third-order valence-corrected chi connectivity index (χ3v) is 5.25. The quantitative estimate of drug-likeness (QED) is 0.573. The fraction of sp³-hybridized carbons (Fsp3) is 0.350. The van der Waals surface area contributed by atoms with Gasteiger partial charge in [0.1, 0.15) is 6.10 Å². The molecule has 0 spiro atoms. The van der Waals surface area contributed by atoms with Crippen LogP contribution in [0.15, 0.2) is 24.3 Å². The Kier molecular flexibility index (Phi) is 6.44. The van der Waals surface area contributed by atoms with Crippen LogP contribution in [0.1, 0.15) is 35.7 Å². The van der Waals surface area contributed by atoms with Crippen LogP contribution in [0.3, 0.4) is 0 Å². The number of carbonyl (C=O) groups excluding carboxylic acids is 1. The molecule has 32 heavy (non-hydrogen) atoms. The van der Waals surface area contributed by atoms with Crippen molar-refractivity contribution in [2.45, 2.75) is 33.8 Å². The van der Waals surface area contributed by atoms with Gasteiger partial charge in [-0.15, -0.1) is 5.10 Å². The van der Waals surface area contributed by atoms with Gasteiger partial charge in [-0.2, -0.15) is 0 Å². The molecule has 1 atom stereocenters. The molecule has 0 saturated carbocycles. The van der Waals surface area contributed by atoms with Gasteiger partial charge < -0.3 is 4.74 Å². The Morgan fingerprint density at radius 1 is 1.09 bits per heavy atom. The highest BCUT2D eigenvalue weighted by Gasteiger charge is 2.21. The maximum atomic E-state index is 12.6. The summed E-state index contributed by atoms with van der Waals surface area (Å²) >= 11 is 0. The number of ether oxygens (including phenoxy) is 1. The number of rotatable bonds is 6. The first kappa shape index (κ1) is 23.1. The molecule has 0 bridgehead atoms. The number of pyridine rings is 2. The SMILES string of the molecule is Cc1ccc([C@@H](C)OC(=O)Nc2c(-c3ccc(NS(C)(=O)=O)c(C)n3)nnn2C)c(C)n1. The molecule has 0 saturated heterocycles. The Hall–Kier alpha value is -3.54. The minimum absolute atomic E-state index is 0.289. The van der Waals surface area contributed by atoms with Gasteiger partial charge in [0.05, 0.1) is 23.3 Å². The van der Waals surface area contributed by atoms with Gasteiger partial charge in [0, 0.05) is 24.0 Å². The topological polar surface area (TPSA) is 141 Å². The van der Waals surface area contributed by atoms with Crippen LogP contribution in [-0.2, 0) is 21.8 Å². The van der Waals surface area contributed by atoms with E-state index in [1.165, 1.54) is 4.68 Å². The highest BCUT2D eigenvalue weighted by atomic mass is 32.2. The van der Waals surface area contributed by atoms with E-state index in [0.29, 0.717) is 22.8 Å². The van der Waals surface area contributed by atoms with Gasteiger partial charge in [-0.25, -0.2) is 22.9 Å². The van der Waals surface area contributed by atoms with Gasteiger partial charge >= 0.3 is 6.09 Å². The number of anilines is 2. The van der Waals surface area contributed by atoms with Crippen LogP contribution in [0, 0.1) is 20.8 Å². The highest BCUT2D eigenvalue weighted by Crippen LogP contribution is 2.27. The molecular weight excluding hydrogens is 434 g/mol. The number of aromatic nitrogens is 5. The molecule has 3 aromatic heterocycles. The van der Waals surface area contributed by atoms with Crippen LogP contribution < -0.4 is 10.0 Å². The van der Waals surface area contributed by atoms with Crippen molar-refractivity contribution >= 4 is 27.6 Å². The average molecular weight is 460 g/mol. The number of sulfonamides is 1. The first-order valence-electron chi connectivity index (χ1n) is 9.72. The first-order chi connectivity index (χ1) is 14.9. The molecule has 1 amide bonds. The van der Waals surface area contributed by atoms with Crippen molar-refractivity contribution in [2.24, 2.45) is 7.05 Å². The largest absolute Gasteiger partial charge is 0.441 e. The summed E-state index contributed by atoms with van der Waals surface area (Å²) in [5, 5.41) is 10.7. The second-order valence-corrected chi connectivity index (χ2v) is 9.16. The lowest BCUT2D eigenvalue weighted by Gasteiger charge is -2.16. The van der Waals surface area contributed by atoms with E-state index in [0.717, 1.165) is 23.2 Å². The predicted molar refractivity (Wildman–Crippen MR) is 120 cm³/mol. The Morgan fingerprint density at radius 2 is 1.81 bits per heavy atom. The number of amides is 1. The molecule has 11 nitrogen and oxygen atoms in total. The normalized spacial score (nSPS) is 12.3. The Balaban J connectivity index is 1.80. The zero-order chi connectivity index (χ0) is 23.6. The number of nitrogens with zero attached hydrogens (tertiary/aromatic N) is 5. The lowest BCUT2D eigenvalue weighted by molar-refractivity contribution is 0.120. The van der Waals surface area contributed by atoms with Crippen LogP contribution >= 0.6 is 0 Å². The van der Waals surface area contributed by atoms with Crippen molar-refractivity contribution in [3.8, 4) is 11.4 Å². The summed E-state index contributed by atoms with van der Waals surface area (Å²) in [6.45, 7) is 7.18. The third-order valence-electron chi connectivity index (χ3n) is 4.66. The molecule has 2 N–H and O–H groups in total. The number of aryl methyl sites for hydroxylation is 4. The Bertz CT molecular complexity index is 1270. The van der Waals surface area contributed by atoms with Crippen molar-refractivity contribution < 1.29 is 17.9 Å². The molecule has 0 aromatic carbocycles. The minimum atomic E-state index is -3.44. The molecule has 3 aromatic rings. The summed E-state index contributed by atoms with van der Waals surface area (Å²) in [5.74, 6) is 0.289. The number of hydrogen-bond donors (Lipinski definition) is 2. The lowest BCUT2D eigenvalue weighted by Crippen LogP contribution is -2.19. The second-order valence-electron chi connectivity index (χ2n) is 7.41. The van der Waals surface area contributed by atoms with Gasteiger partial charge in [0.25, 0.3) is 0 Å². The fourth-order valence-corrected chi connectivity index (χ4v) is 3.76. The van der Waals surface area contributed by atoms with E-state index in [1.807, 2.05) is 26.0 Å². The number of nitrogens with one attached hydrogen (secondary N) is 2. The Labute approximate surface area is 186 Å². The van der Waals surface area contributed by atoms with Crippen LogP contribution in [0.2, 0.25) is 0 Å². The summed E-state index contributed by atoms with van der Waals surface area (Å²) < 4.78 is 32.3. The molecule has 0 unspecified atom stereocenters. The van der Waals surface area contributed by atoms with Gasteiger partial charge in [0.2, 0.25) is 10.0 Å². The van der Waals surface area contributed by atoms with Crippen molar-refractivity contribution in [2.75, 3.05) is 16.3 Å². The van der Waals surface area contributed by atoms with Gasteiger partial charge in [-0.05, 0) is 45.9 Å². The molecular formula is C20H25N7O4S. The molecule has 0 aliphatic rings. The van der Waals surface area contributed by atoms with E-state index >= 15 is 0 Å². The molecule has 0 radical (unpaired) electrons.